The fourth-order valence-corrected chi connectivity index (χ4v) is 5.07. The lowest BCUT2D eigenvalue weighted by Gasteiger charge is -2.41. The molecule has 5 unspecified atom stereocenters. The molecule has 17 heavy (non-hydrogen) atoms. The van der Waals surface area contributed by atoms with Gasteiger partial charge in [-0.3, -0.25) is 11.3 Å². The van der Waals surface area contributed by atoms with Crippen LogP contribution in [0.4, 0.5) is 0 Å². The predicted octanol–water partition coefficient (Wildman–Crippen LogP) is 1.78. The molecule has 4 heteroatoms. The first-order chi connectivity index (χ1) is 8.24. The minimum Gasteiger partial charge on any atom is -0.374 e. The molecule has 3 fully saturated rings. The molecule has 0 aromatic rings. The Morgan fingerprint density at radius 1 is 1.53 bits per heavy atom. The van der Waals surface area contributed by atoms with Crippen molar-refractivity contribution in [2.75, 3.05) is 18.1 Å². The van der Waals surface area contributed by atoms with E-state index in [0.29, 0.717) is 6.04 Å². The summed E-state index contributed by atoms with van der Waals surface area (Å²) in [7, 11) is 0. The number of hydrogen-bond acceptors (Lipinski definition) is 4. The molecule has 1 spiro atoms. The second-order valence-electron chi connectivity index (χ2n) is 6.16. The van der Waals surface area contributed by atoms with Crippen molar-refractivity contribution in [2.24, 2.45) is 23.6 Å². The molecule has 0 amide bonds. The van der Waals surface area contributed by atoms with Gasteiger partial charge < -0.3 is 4.74 Å². The second kappa shape index (κ2) is 4.72. The van der Waals surface area contributed by atoms with Gasteiger partial charge in [0.25, 0.3) is 0 Å². The van der Waals surface area contributed by atoms with Gasteiger partial charge in [-0.25, -0.2) is 0 Å². The van der Waals surface area contributed by atoms with E-state index in [9.17, 15) is 0 Å². The molecule has 2 heterocycles. The van der Waals surface area contributed by atoms with Crippen molar-refractivity contribution in [3.8, 4) is 0 Å². The molecule has 0 aromatic carbocycles. The van der Waals surface area contributed by atoms with Gasteiger partial charge >= 0.3 is 0 Å². The highest BCUT2D eigenvalue weighted by Crippen LogP contribution is 2.48. The van der Waals surface area contributed by atoms with E-state index in [1.54, 1.807) is 0 Å². The van der Waals surface area contributed by atoms with Gasteiger partial charge in [0, 0.05) is 18.4 Å². The molecule has 2 saturated heterocycles. The maximum Gasteiger partial charge on any atom is 0.0783 e. The Hall–Kier alpha value is 0.230. The SMILES string of the molecule is CC1CC1C(NN)C1CCOC2(CCSC2)C1. The van der Waals surface area contributed by atoms with E-state index in [4.69, 9.17) is 10.6 Å². The Morgan fingerprint density at radius 3 is 2.94 bits per heavy atom. The second-order valence-corrected chi connectivity index (χ2v) is 7.26. The van der Waals surface area contributed by atoms with Crippen LogP contribution in [0.15, 0.2) is 0 Å². The van der Waals surface area contributed by atoms with Crippen molar-refractivity contribution >= 4 is 11.8 Å². The molecular weight excluding hydrogens is 232 g/mol. The average molecular weight is 256 g/mol. The number of nitrogens with one attached hydrogen (secondary N) is 1. The van der Waals surface area contributed by atoms with Crippen molar-refractivity contribution in [2.45, 2.75) is 44.2 Å². The Morgan fingerprint density at radius 2 is 2.35 bits per heavy atom. The third kappa shape index (κ3) is 2.37. The molecule has 5 atom stereocenters. The highest BCUT2D eigenvalue weighted by molar-refractivity contribution is 7.99. The molecule has 0 bridgehead atoms. The molecule has 3 nitrogen and oxygen atoms in total. The van der Waals surface area contributed by atoms with Gasteiger partial charge in [0.15, 0.2) is 0 Å². The van der Waals surface area contributed by atoms with Gasteiger partial charge in [0.2, 0.25) is 0 Å². The topological polar surface area (TPSA) is 47.3 Å². The van der Waals surface area contributed by atoms with Crippen LogP contribution in [0.1, 0.15) is 32.6 Å². The summed E-state index contributed by atoms with van der Waals surface area (Å²) in [6.07, 6.45) is 5.00. The van der Waals surface area contributed by atoms with Gasteiger partial charge in [0.1, 0.15) is 0 Å². The standard InChI is InChI=1S/C13H24N2OS/c1-9-6-11(9)12(15-14)10-2-4-16-13(7-10)3-5-17-8-13/h9-12,15H,2-8,14H2,1H3. The van der Waals surface area contributed by atoms with Crippen LogP contribution in [0.5, 0.6) is 0 Å². The lowest BCUT2D eigenvalue weighted by Crippen LogP contribution is -2.50. The van der Waals surface area contributed by atoms with E-state index in [1.807, 2.05) is 11.8 Å². The zero-order valence-corrected chi connectivity index (χ0v) is 11.5. The third-order valence-electron chi connectivity index (χ3n) is 4.93. The number of rotatable bonds is 3. The number of hydrogen-bond donors (Lipinski definition) is 2. The lowest BCUT2D eigenvalue weighted by atomic mass is 9.79. The van der Waals surface area contributed by atoms with Crippen LogP contribution < -0.4 is 11.3 Å². The summed E-state index contributed by atoms with van der Waals surface area (Å²) in [5, 5.41) is 0. The van der Waals surface area contributed by atoms with Crippen LogP contribution in [-0.4, -0.2) is 29.8 Å². The number of thioether (sulfide) groups is 1. The van der Waals surface area contributed by atoms with Crippen molar-refractivity contribution < 1.29 is 4.74 Å². The van der Waals surface area contributed by atoms with Crippen molar-refractivity contribution in [3.05, 3.63) is 0 Å². The summed E-state index contributed by atoms with van der Waals surface area (Å²) in [4.78, 5) is 0. The van der Waals surface area contributed by atoms with E-state index in [0.717, 1.165) is 24.4 Å². The molecule has 0 aromatic heterocycles. The monoisotopic (exact) mass is 256 g/mol. The molecule has 3 aliphatic rings. The highest BCUT2D eigenvalue weighted by atomic mass is 32.2. The number of ether oxygens (including phenoxy) is 1. The van der Waals surface area contributed by atoms with E-state index in [-0.39, 0.29) is 5.60 Å². The Labute approximate surface area is 108 Å². The first kappa shape index (κ1) is 12.3. The van der Waals surface area contributed by atoms with Crippen LogP contribution in [-0.2, 0) is 4.74 Å². The maximum atomic E-state index is 6.09. The molecule has 3 N–H and O–H groups in total. The van der Waals surface area contributed by atoms with Crippen molar-refractivity contribution in [1.82, 2.24) is 5.43 Å². The average Bonchev–Trinajstić information content (AvgIpc) is 2.87. The molecule has 1 saturated carbocycles. The molecule has 0 radical (unpaired) electrons. The minimum absolute atomic E-state index is 0.195. The van der Waals surface area contributed by atoms with Gasteiger partial charge in [-0.05, 0) is 49.2 Å². The zero-order valence-electron chi connectivity index (χ0n) is 10.7. The summed E-state index contributed by atoms with van der Waals surface area (Å²) in [6, 6.07) is 0.524. The first-order valence-corrected chi connectivity index (χ1v) is 8.07. The van der Waals surface area contributed by atoms with Crippen LogP contribution in [0.25, 0.3) is 0 Å². The Bertz CT molecular complexity index is 281. The molecule has 1 aliphatic carbocycles. The highest BCUT2D eigenvalue weighted by Gasteiger charge is 2.47. The molecule has 98 valence electrons. The number of hydrazine groups is 1. The van der Waals surface area contributed by atoms with Gasteiger partial charge in [-0.15, -0.1) is 0 Å². The summed E-state index contributed by atoms with van der Waals surface area (Å²) < 4.78 is 6.09. The Balaban J connectivity index is 1.66. The van der Waals surface area contributed by atoms with E-state index >= 15 is 0 Å². The fourth-order valence-electron chi connectivity index (χ4n) is 3.70. The summed E-state index contributed by atoms with van der Waals surface area (Å²) in [5.74, 6) is 10.7. The predicted molar refractivity (Wildman–Crippen MR) is 71.7 cm³/mol. The van der Waals surface area contributed by atoms with Gasteiger partial charge in [-0.1, -0.05) is 6.92 Å². The van der Waals surface area contributed by atoms with Crippen LogP contribution in [0.3, 0.4) is 0 Å². The fraction of sp³-hybridized carbons (Fsp3) is 1.00. The maximum absolute atomic E-state index is 6.09. The van der Waals surface area contributed by atoms with Gasteiger partial charge in [0.05, 0.1) is 5.60 Å². The van der Waals surface area contributed by atoms with Crippen molar-refractivity contribution in [1.29, 1.82) is 0 Å². The van der Waals surface area contributed by atoms with E-state index in [2.05, 4.69) is 12.3 Å². The quantitative estimate of drug-likeness (QED) is 0.597. The summed E-state index contributed by atoms with van der Waals surface area (Å²) in [5.41, 5.74) is 3.30. The first-order valence-electron chi connectivity index (χ1n) is 6.92. The summed E-state index contributed by atoms with van der Waals surface area (Å²) >= 11 is 2.05. The largest absolute Gasteiger partial charge is 0.374 e. The van der Waals surface area contributed by atoms with E-state index in [1.165, 1.54) is 37.2 Å². The van der Waals surface area contributed by atoms with Crippen LogP contribution in [0.2, 0.25) is 0 Å². The minimum atomic E-state index is 0.195. The molecule has 3 rings (SSSR count). The normalized spacial score (nSPS) is 47.3. The van der Waals surface area contributed by atoms with Crippen molar-refractivity contribution in [3.63, 3.8) is 0 Å². The smallest absolute Gasteiger partial charge is 0.0783 e. The molecule has 2 aliphatic heterocycles. The molecular formula is C13H24N2OS. The van der Waals surface area contributed by atoms with Gasteiger partial charge in [-0.2, -0.15) is 11.8 Å². The van der Waals surface area contributed by atoms with E-state index < -0.39 is 0 Å². The summed E-state index contributed by atoms with van der Waals surface area (Å²) in [6.45, 7) is 3.28. The van der Waals surface area contributed by atoms with Crippen LogP contribution in [0, 0.1) is 17.8 Å². The van der Waals surface area contributed by atoms with Crippen LogP contribution >= 0.6 is 11.8 Å². The zero-order chi connectivity index (χ0) is 11.9. The lowest BCUT2D eigenvalue weighted by molar-refractivity contribution is -0.0865. The number of nitrogens with two attached hydrogens (primary N) is 1. The third-order valence-corrected chi connectivity index (χ3v) is 6.15. The Kier molecular flexibility index (Phi) is 3.41.